The summed E-state index contributed by atoms with van der Waals surface area (Å²) in [5.41, 5.74) is -0.183. The number of rotatable bonds is 4. The van der Waals surface area contributed by atoms with Crippen LogP contribution in [0.2, 0.25) is 5.02 Å². The second kappa shape index (κ2) is 4.87. The van der Waals surface area contributed by atoms with E-state index in [1.54, 1.807) is 12.1 Å². The molecule has 1 saturated carbocycles. The molecule has 2 rings (SSSR count). The lowest BCUT2D eigenvalue weighted by Gasteiger charge is -2.41. The standard InChI is InChI=1S/C13H12ClNO3/c14-10-6-9(8-15)2-3-11(10)18-13(4-1-5-13)7-12(16)17/h2-3,6H,1,4-5,7H2,(H,16,17). The molecule has 0 aromatic heterocycles. The molecule has 0 aliphatic heterocycles. The van der Waals surface area contributed by atoms with Gasteiger partial charge in [-0.2, -0.15) is 5.26 Å². The van der Waals surface area contributed by atoms with Crippen molar-refractivity contribution in [1.29, 1.82) is 5.26 Å². The van der Waals surface area contributed by atoms with Crippen molar-refractivity contribution in [3.05, 3.63) is 28.8 Å². The van der Waals surface area contributed by atoms with Crippen LogP contribution in [-0.2, 0) is 4.79 Å². The maximum absolute atomic E-state index is 10.8. The van der Waals surface area contributed by atoms with Crippen LogP contribution < -0.4 is 4.74 Å². The first-order chi connectivity index (χ1) is 8.54. The maximum Gasteiger partial charge on any atom is 0.307 e. The van der Waals surface area contributed by atoms with E-state index in [1.165, 1.54) is 6.07 Å². The van der Waals surface area contributed by atoms with Gasteiger partial charge in [0.25, 0.3) is 0 Å². The van der Waals surface area contributed by atoms with E-state index in [-0.39, 0.29) is 6.42 Å². The lowest BCUT2D eigenvalue weighted by molar-refractivity contribution is -0.144. The van der Waals surface area contributed by atoms with Crippen molar-refractivity contribution in [3.8, 4) is 11.8 Å². The third kappa shape index (κ3) is 2.57. The number of carboxylic acids is 1. The number of nitriles is 1. The number of benzene rings is 1. The molecular formula is C13H12ClNO3. The van der Waals surface area contributed by atoms with Gasteiger partial charge in [0.1, 0.15) is 11.4 Å². The molecule has 1 aromatic rings. The molecule has 0 saturated heterocycles. The Morgan fingerprint density at radius 3 is 2.72 bits per heavy atom. The SMILES string of the molecule is N#Cc1ccc(OC2(CC(=O)O)CCC2)c(Cl)c1. The average molecular weight is 266 g/mol. The van der Waals surface area contributed by atoms with E-state index in [9.17, 15) is 4.79 Å². The number of aliphatic carboxylic acids is 1. The normalized spacial score (nSPS) is 16.4. The third-order valence-electron chi connectivity index (χ3n) is 3.13. The van der Waals surface area contributed by atoms with Crippen LogP contribution >= 0.6 is 11.6 Å². The molecule has 0 unspecified atom stereocenters. The monoisotopic (exact) mass is 265 g/mol. The Morgan fingerprint density at radius 1 is 1.56 bits per heavy atom. The van der Waals surface area contributed by atoms with E-state index in [4.69, 9.17) is 26.7 Å². The largest absolute Gasteiger partial charge is 0.485 e. The molecule has 1 aliphatic carbocycles. The zero-order valence-corrected chi connectivity index (χ0v) is 10.4. The van der Waals surface area contributed by atoms with E-state index >= 15 is 0 Å². The van der Waals surface area contributed by atoms with Crippen LogP contribution in [0.1, 0.15) is 31.2 Å². The van der Waals surface area contributed by atoms with Crippen molar-refractivity contribution in [3.63, 3.8) is 0 Å². The van der Waals surface area contributed by atoms with E-state index in [0.717, 1.165) is 19.3 Å². The van der Waals surface area contributed by atoms with Gasteiger partial charge in [-0.3, -0.25) is 4.79 Å². The topological polar surface area (TPSA) is 70.3 Å². The highest BCUT2D eigenvalue weighted by Gasteiger charge is 2.41. The number of carboxylic acid groups (broad SMARTS) is 1. The summed E-state index contributed by atoms with van der Waals surface area (Å²) in [4.78, 5) is 10.8. The minimum Gasteiger partial charge on any atom is -0.485 e. The molecule has 0 bridgehead atoms. The van der Waals surface area contributed by atoms with Crippen molar-refractivity contribution < 1.29 is 14.6 Å². The fourth-order valence-corrected chi connectivity index (χ4v) is 2.27. The van der Waals surface area contributed by atoms with Gasteiger partial charge in [-0.05, 0) is 37.5 Å². The van der Waals surface area contributed by atoms with Crippen LogP contribution in [-0.4, -0.2) is 16.7 Å². The number of ether oxygens (including phenoxy) is 1. The minimum atomic E-state index is -0.875. The van der Waals surface area contributed by atoms with Crippen LogP contribution in [0, 0.1) is 11.3 Å². The fraction of sp³-hybridized carbons (Fsp3) is 0.385. The molecule has 94 valence electrons. The Balaban J connectivity index is 2.18. The molecule has 0 heterocycles. The number of nitrogens with zero attached hydrogens (tertiary/aromatic N) is 1. The lowest BCUT2D eigenvalue weighted by atomic mass is 9.77. The van der Waals surface area contributed by atoms with Gasteiger partial charge in [-0.15, -0.1) is 0 Å². The molecule has 1 aromatic carbocycles. The Morgan fingerprint density at radius 2 is 2.28 bits per heavy atom. The molecular weight excluding hydrogens is 254 g/mol. The smallest absolute Gasteiger partial charge is 0.307 e. The van der Waals surface area contributed by atoms with Gasteiger partial charge in [0.2, 0.25) is 0 Å². The Hall–Kier alpha value is -1.73. The molecule has 18 heavy (non-hydrogen) atoms. The summed E-state index contributed by atoms with van der Waals surface area (Å²) >= 11 is 6.01. The number of halogens is 1. The Labute approximate surface area is 110 Å². The molecule has 5 heteroatoms. The van der Waals surface area contributed by atoms with E-state index in [0.29, 0.717) is 16.3 Å². The Bertz CT molecular complexity index is 517. The third-order valence-corrected chi connectivity index (χ3v) is 3.42. The van der Waals surface area contributed by atoms with E-state index in [2.05, 4.69) is 0 Å². The summed E-state index contributed by atoms with van der Waals surface area (Å²) in [5.74, 6) is -0.434. The Kier molecular flexibility index (Phi) is 3.44. The minimum absolute atomic E-state index is 0.0245. The van der Waals surface area contributed by atoms with Gasteiger partial charge in [0.15, 0.2) is 0 Å². The van der Waals surface area contributed by atoms with Gasteiger partial charge < -0.3 is 9.84 Å². The van der Waals surface area contributed by atoms with Crippen molar-refractivity contribution in [2.75, 3.05) is 0 Å². The summed E-state index contributed by atoms with van der Waals surface area (Å²) in [6.45, 7) is 0. The van der Waals surface area contributed by atoms with Crippen molar-refractivity contribution in [2.45, 2.75) is 31.3 Å². The van der Waals surface area contributed by atoms with Gasteiger partial charge in [0, 0.05) is 0 Å². The first kappa shape index (κ1) is 12.7. The van der Waals surface area contributed by atoms with Crippen LogP contribution in [0.25, 0.3) is 0 Å². The van der Waals surface area contributed by atoms with Crippen LogP contribution in [0.5, 0.6) is 5.75 Å². The first-order valence-corrected chi connectivity index (χ1v) is 6.03. The fourth-order valence-electron chi connectivity index (χ4n) is 2.05. The van der Waals surface area contributed by atoms with E-state index in [1.807, 2.05) is 6.07 Å². The van der Waals surface area contributed by atoms with Crippen molar-refractivity contribution >= 4 is 17.6 Å². The van der Waals surface area contributed by atoms with Gasteiger partial charge in [-0.1, -0.05) is 11.6 Å². The number of carbonyl (C=O) groups is 1. The molecule has 0 atom stereocenters. The molecule has 1 fully saturated rings. The summed E-state index contributed by atoms with van der Waals surface area (Å²) in [5, 5.41) is 18.0. The molecule has 1 N–H and O–H groups in total. The summed E-state index contributed by atoms with van der Waals surface area (Å²) in [6, 6.07) is 6.72. The molecule has 4 nitrogen and oxygen atoms in total. The second-order valence-electron chi connectivity index (χ2n) is 4.47. The first-order valence-electron chi connectivity index (χ1n) is 5.65. The summed E-state index contributed by atoms with van der Waals surface area (Å²) in [7, 11) is 0. The highest BCUT2D eigenvalue weighted by Crippen LogP contribution is 2.41. The van der Waals surface area contributed by atoms with Gasteiger partial charge >= 0.3 is 5.97 Å². The predicted molar refractivity (Wildman–Crippen MR) is 65.6 cm³/mol. The highest BCUT2D eigenvalue weighted by molar-refractivity contribution is 6.32. The molecule has 0 radical (unpaired) electrons. The van der Waals surface area contributed by atoms with Crippen molar-refractivity contribution in [2.24, 2.45) is 0 Å². The van der Waals surface area contributed by atoms with E-state index < -0.39 is 11.6 Å². The van der Waals surface area contributed by atoms with Crippen LogP contribution in [0.15, 0.2) is 18.2 Å². The average Bonchev–Trinajstić information content (AvgIpc) is 2.28. The van der Waals surface area contributed by atoms with Crippen molar-refractivity contribution in [1.82, 2.24) is 0 Å². The zero-order chi connectivity index (χ0) is 13.2. The van der Waals surface area contributed by atoms with Gasteiger partial charge in [0.05, 0.1) is 23.1 Å². The predicted octanol–water partition coefficient (Wildman–Crippen LogP) is 2.99. The van der Waals surface area contributed by atoms with Gasteiger partial charge in [-0.25, -0.2) is 0 Å². The molecule has 0 amide bonds. The maximum atomic E-state index is 10.8. The van der Waals surface area contributed by atoms with Crippen LogP contribution in [0.3, 0.4) is 0 Å². The highest BCUT2D eigenvalue weighted by atomic mass is 35.5. The van der Waals surface area contributed by atoms with Crippen LogP contribution in [0.4, 0.5) is 0 Å². The summed E-state index contributed by atoms with van der Waals surface area (Å²) in [6.07, 6.45) is 2.37. The molecule has 1 aliphatic rings. The second-order valence-corrected chi connectivity index (χ2v) is 4.87. The number of hydrogen-bond donors (Lipinski definition) is 1. The molecule has 0 spiro atoms. The summed E-state index contributed by atoms with van der Waals surface area (Å²) < 4.78 is 5.76. The lowest BCUT2D eigenvalue weighted by Crippen LogP contribution is -2.45. The number of hydrogen-bond acceptors (Lipinski definition) is 3. The zero-order valence-electron chi connectivity index (χ0n) is 9.65. The quantitative estimate of drug-likeness (QED) is 0.908.